The van der Waals surface area contributed by atoms with Gasteiger partial charge in [0.05, 0.1) is 13.7 Å². The molecule has 0 aliphatic carbocycles. The summed E-state index contributed by atoms with van der Waals surface area (Å²) in [5.41, 5.74) is 0.606. The molecule has 104 valence electrons. The number of ether oxygens (including phenoxy) is 2. The Bertz CT molecular complexity index is 445. The standard InChI is InChI=1S/C14H19NO4/c1-4-8-15-13(14(16)17)10-6-7-11(19-5-2)12(9-10)18-3/h4,6-7,9,13,15H,1,5,8H2,2-3H3,(H,16,17). The largest absolute Gasteiger partial charge is 0.493 e. The lowest BCUT2D eigenvalue weighted by Crippen LogP contribution is -2.28. The van der Waals surface area contributed by atoms with E-state index in [-0.39, 0.29) is 0 Å². The number of carboxylic acids is 1. The molecule has 1 aromatic carbocycles. The Kier molecular flexibility index (Phi) is 5.89. The second-order valence-electron chi connectivity index (χ2n) is 3.81. The molecule has 0 spiro atoms. The molecule has 0 heterocycles. The zero-order valence-electron chi connectivity index (χ0n) is 11.2. The number of carboxylic acid groups (broad SMARTS) is 1. The smallest absolute Gasteiger partial charge is 0.325 e. The third-order valence-corrected chi connectivity index (χ3v) is 2.53. The number of methoxy groups -OCH3 is 1. The fraction of sp³-hybridized carbons (Fsp3) is 0.357. The Labute approximate surface area is 112 Å². The van der Waals surface area contributed by atoms with E-state index in [2.05, 4.69) is 11.9 Å². The third-order valence-electron chi connectivity index (χ3n) is 2.53. The normalized spacial score (nSPS) is 11.7. The molecule has 0 fully saturated rings. The van der Waals surface area contributed by atoms with Crippen molar-refractivity contribution in [1.29, 1.82) is 0 Å². The molecule has 1 aromatic rings. The van der Waals surface area contributed by atoms with Crippen LogP contribution in [0.25, 0.3) is 0 Å². The number of hydrogen-bond donors (Lipinski definition) is 2. The Balaban J connectivity index is 3.03. The summed E-state index contributed by atoms with van der Waals surface area (Å²) in [6.45, 7) is 6.36. The van der Waals surface area contributed by atoms with Gasteiger partial charge in [-0.1, -0.05) is 12.1 Å². The summed E-state index contributed by atoms with van der Waals surface area (Å²) in [5.74, 6) is 0.167. The number of benzene rings is 1. The summed E-state index contributed by atoms with van der Waals surface area (Å²) < 4.78 is 10.6. The van der Waals surface area contributed by atoms with E-state index < -0.39 is 12.0 Å². The summed E-state index contributed by atoms with van der Waals surface area (Å²) in [4.78, 5) is 11.2. The minimum absolute atomic E-state index is 0.409. The van der Waals surface area contributed by atoms with Crippen molar-refractivity contribution in [2.24, 2.45) is 0 Å². The molecule has 5 heteroatoms. The van der Waals surface area contributed by atoms with Gasteiger partial charge in [-0.05, 0) is 24.6 Å². The van der Waals surface area contributed by atoms with E-state index in [1.54, 1.807) is 24.3 Å². The van der Waals surface area contributed by atoms with Crippen molar-refractivity contribution in [3.63, 3.8) is 0 Å². The maximum atomic E-state index is 11.2. The molecule has 0 aliphatic rings. The molecule has 5 nitrogen and oxygen atoms in total. The van der Waals surface area contributed by atoms with E-state index in [1.165, 1.54) is 7.11 Å². The maximum Gasteiger partial charge on any atom is 0.325 e. The lowest BCUT2D eigenvalue weighted by molar-refractivity contribution is -0.139. The van der Waals surface area contributed by atoms with Gasteiger partial charge in [0.15, 0.2) is 11.5 Å². The first kappa shape index (κ1) is 15.0. The van der Waals surface area contributed by atoms with Crippen LogP contribution in [0.1, 0.15) is 18.5 Å². The molecule has 0 aromatic heterocycles. The van der Waals surface area contributed by atoms with Crippen LogP contribution in [0, 0.1) is 0 Å². The molecule has 0 saturated carbocycles. The molecule has 1 atom stereocenters. The van der Waals surface area contributed by atoms with Gasteiger partial charge < -0.3 is 14.6 Å². The molecule has 0 saturated heterocycles. The minimum Gasteiger partial charge on any atom is -0.493 e. The molecule has 19 heavy (non-hydrogen) atoms. The first-order valence-corrected chi connectivity index (χ1v) is 6.01. The van der Waals surface area contributed by atoms with Crippen LogP contribution in [-0.4, -0.2) is 31.3 Å². The van der Waals surface area contributed by atoms with Gasteiger partial charge in [-0.15, -0.1) is 6.58 Å². The van der Waals surface area contributed by atoms with Gasteiger partial charge in [0.25, 0.3) is 0 Å². The van der Waals surface area contributed by atoms with Crippen molar-refractivity contribution in [3.8, 4) is 11.5 Å². The van der Waals surface area contributed by atoms with Crippen molar-refractivity contribution >= 4 is 5.97 Å². The molecule has 0 aliphatic heterocycles. The fourth-order valence-electron chi connectivity index (χ4n) is 1.69. The fourth-order valence-corrected chi connectivity index (χ4v) is 1.69. The SMILES string of the molecule is C=CCNC(C(=O)O)c1ccc(OCC)c(OC)c1. The van der Waals surface area contributed by atoms with Crippen LogP contribution in [0.3, 0.4) is 0 Å². The van der Waals surface area contributed by atoms with E-state index >= 15 is 0 Å². The van der Waals surface area contributed by atoms with Crippen molar-refractivity contribution in [1.82, 2.24) is 5.32 Å². The number of rotatable bonds is 8. The van der Waals surface area contributed by atoms with Crippen molar-refractivity contribution < 1.29 is 19.4 Å². The van der Waals surface area contributed by atoms with Crippen LogP contribution >= 0.6 is 0 Å². The predicted octanol–water partition coefficient (Wildman–Crippen LogP) is 2.00. The second kappa shape index (κ2) is 7.43. The molecule has 0 amide bonds. The average molecular weight is 265 g/mol. The van der Waals surface area contributed by atoms with E-state index in [1.807, 2.05) is 6.92 Å². The Morgan fingerprint density at radius 1 is 1.53 bits per heavy atom. The third kappa shape index (κ3) is 3.99. The molecule has 2 N–H and O–H groups in total. The van der Waals surface area contributed by atoms with E-state index in [0.717, 1.165) is 0 Å². The van der Waals surface area contributed by atoms with Gasteiger partial charge >= 0.3 is 5.97 Å². The van der Waals surface area contributed by atoms with Gasteiger partial charge in [-0.25, -0.2) is 0 Å². The summed E-state index contributed by atoms with van der Waals surface area (Å²) >= 11 is 0. The van der Waals surface area contributed by atoms with Gasteiger partial charge in [-0.2, -0.15) is 0 Å². The van der Waals surface area contributed by atoms with Crippen molar-refractivity contribution in [2.75, 3.05) is 20.3 Å². The number of nitrogens with one attached hydrogen (secondary N) is 1. The average Bonchev–Trinajstić information content (AvgIpc) is 2.40. The predicted molar refractivity (Wildman–Crippen MR) is 72.7 cm³/mol. The van der Waals surface area contributed by atoms with Crippen molar-refractivity contribution in [2.45, 2.75) is 13.0 Å². The van der Waals surface area contributed by atoms with Crippen LogP contribution in [0.15, 0.2) is 30.9 Å². The molecular weight excluding hydrogens is 246 g/mol. The lowest BCUT2D eigenvalue weighted by Gasteiger charge is -2.16. The first-order chi connectivity index (χ1) is 9.13. The maximum absolute atomic E-state index is 11.2. The molecular formula is C14H19NO4. The molecule has 0 radical (unpaired) electrons. The van der Waals surface area contributed by atoms with E-state index in [4.69, 9.17) is 9.47 Å². The summed E-state index contributed by atoms with van der Waals surface area (Å²) in [5, 5.41) is 12.1. The number of carbonyl (C=O) groups is 1. The zero-order chi connectivity index (χ0) is 14.3. The summed E-state index contributed by atoms with van der Waals surface area (Å²) in [6.07, 6.45) is 1.61. The quantitative estimate of drug-likeness (QED) is 0.704. The minimum atomic E-state index is -0.951. The van der Waals surface area contributed by atoms with Gasteiger partial charge in [-0.3, -0.25) is 10.1 Å². The van der Waals surface area contributed by atoms with Gasteiger partial charge in [0.2, 0.25) is 0 Å². The van der Waals surface area contributed by atoms with Crippen LogP contribution in [0.4, 0.5) is 0 Å². The van der Waals surface area contributed by atoms with Crippen LogP contribution in [0.2, 0.25) is 0 Å². The Morgan fingerprint density at radius 2 is 2.26 bits per heavy atom. The Morgan fingerprint density at radius 3 is 2.79 bits per heavy atom. The first-order valence-electron chi connectivity index (χ1n) is 6.01. The highest BCUT2D eigenvalue weighted by atomic mass is 16.5. The molecule has 1 unspecified atom stereocenters. The number of aliphatic carboxylic acids is 1. The topological polar surface area (TPSA) is 67.8 Å². The van der Waals surface area contributed by atoms with Gasteiger partial charge in [0, 0.05) is 6.54 Å². The Hall–Kier alpha value is -2.01. The zero-order valence-corrected chi connectivity index (χ0v) is 11.2. The van der Waals surface area contributed by atoms with E-state index in [0.29, 0.717) is 30.2 Å². The van der Waals surface area contributed by atoms with Crippen LogP contribution in [0.5, 0.6) is 11.5 Å². The molecule has 0 bridgehead atoms. The second-order valence-corrected chi connectivity index (χ2v) is 3.81. The van der Waals surface area contributed by atoms with Crippen molar-refractivity contribution in [3.05, 3.63) is 36.4 Å². The van der Waals surface area contributed by atoms with Gasteiger partial charge in [0.1, 0.15) is 6.04 Å². The number of hydrogen-bond acceptors (Lipinski definition) is 4. The lowest BCUT2D eigenvalue weighted by atomic mass is 10.1. The highest BCUT2D eigenvalue weighted by Crippen LogP contribution is 2.30. The summed E-state index contributed by atoms with van der Waals surface area (Å²) in [6, 6.07) is 4.29. The molecule has 1 rings (SSSR count). The highest BCUT2D eigenvalue weighted by molar-refractivity contribution is 5.76. The van der Waals surface area contributed by atoms with Crippen LogP contribution < -0.4 is 14.8 Å². The summed E-state index contributed by atoms with van der Waals surface area (Å²) in [7, 11) is 1.52. The highest BCUT2D eigenvalue weighted by Gasteiger charge is 2.20. The monoisotopic (exact) mass is 265 g/mol. The van der Waals surface area contributed by atoms with E-state index in [9.17, 15) is 9.90 Å². The van der Waals surface area contributed by atoms with Crippen LogP contribution in [-0.2, 0) is 4.79 Å².